The summed E-state index contributed by atoms with van der Waals surface area (Å²) >= 11 is 0. The van der Waals surface area contributed by atoms with E-state index in [-0.39, 0.29) is 0 Å². The van der Waals surface area contributed by atoms with Crippen LogP contribution in [0.4, 0.5) is 5.95 Å². The number of nitrogens with zero attached hydrogens (tertiary/aromatic N) is 3. The van der Waals surface area contributed by atoms with Gasteiger partial charge in [-0.3, -0.25) is 0 Å². The Bertz CT molecular complexity index is 610. The van der Waals surface area contributed by atoms with Crippen LogP contribution >= 0.6 is 0 Å². The molecule has 1 aromatic heterocycles. The van der Waals surface area contributed by atoms with E-state index in [0.29, 0.717) is 5.95 Å². The van der Waals surface area contributed by atoms with Gasteiger partial charge < -0.3 is 0 Å². The Morgan fingerprint density at radius 3 is 2.40 bits per heavy atom. The Balaban J connectivity index is 2.02. The summed E-state index contributed by atoms with van der Waals surface area (Å²) in [5.41, 5.74) is 6.73. The van der Waals surface area contributed by atoms with E-state index in [1.54, 1.807) is 0 Å². The topological polar surface area (TPSA) is 50.2 Å². The maximum Gasteiger partial charge on any atom is 0.243 e. The standard InChI is InChI=1S/C16H18N4/c1-12(9-10-15-7-5-4-6-8-15)19-20-16-17-13(2)11-14(3)18-16/h4-11H,1-3H3,(H,17,18,20)/b10-9+,19-12-. The van der Waals surface area contributed by atoms with Crippen molar-refractivity contribution in [1.82, 2.24) is 9.97 Å². The zero-order chi connectivity index (χ0) is 14.4. The van der Waals surface area contributed by atoms with E-state index in [1.165, 1.54) is 0 Å². The molecule has 1 aromatic carbocycles. The van der Waals surface area contributed by atoms with Gasteiger partial charge in [-0.2, -0.15) is 5.10 Å². The molecule has 0 radical (unpaired) electrons. The second kappa shape index (κ2) is 6.61. The number of aromatic nitrogens is 2. The van der Waals surface area contributed by atoms with Gasteiger partial charge in [-0.25, -0.2) is 15.4 Å². The third-order valence-corrected chi connectivity index (χ3v) is 2.63. The number of nitrogens with one attached hydrogen (secondary N) is 1. The SMILES string of the molecule is CC(/C=C/c1ccccc1)=N/Nc1nc(C)cc(C)n1. The first-order valence-electron chi connectivity index (χ1n) is 6.49. The van der Waals surface area contributed by atoms with Crippen molar-refractivity contribution >= 4 is 17.7 Å². The van der Waals surface area contributed by atoms with Crippen LogP contribution in [0.25, 0.3) is 6.08 Å². The first-order chi connectivity index (χ1) is 9.63. The molecule has 0 unspecified atom stereocenters. The quantitative estimate of drug-likeness (QED) is 0.679. The zero-order valence-corrected chi connectivity index (χ0v) is 12.0. The highest BCUT2D eigenvalue weighted by Crippen LogP contribution is 2.04. The highest BCUT2D eigenvalue weighted by Gasteiger charge is 1.97. The van der Waals surface area contributed by atoms with E-state index >= 15 is 0 Å². The van der Waals surface area contributed by atoms with Crippen molar-refractivity contribution < 1.29 is 0 Å². The van der Waals surface area contributed by atoms with Crippen molar-refractivity contribution in [1.29, 1.82) is 0 Å². The van der Waals surface area contributed by atoms with Crippen molar-refractivity contribution in [3.05, 3.63) is 59.4 Å². The van der Waals surface area contributed by atoms with Gasteiger partial charge in [0.1, 0.15) is 0 Å². The fourth-order valence-electron chi connectivity index (χ4n) is 1.73. The van der Waals surface area contributed by atoms with E-state index in [2.05, 4.69) is 20.5 Å². The van der Waals surface area contributed by atoms with E-state index in [9.17, 15) is 0 Å². The predicted molar refractivity (Wildman–Crippen MR) is 83.7 cm³/mol. The molecule has 0 atom stereocenters. The molecular weight excluding hydrogens is 248 g/mol. The number of benzene rings is 1. The molecule has 102 valence electrons. The molecular formula is C16H18N4. The normalized spacial score (nSPS) is 11.8. The molecule has 1 heterocycles. The average molecular weight is 266 g/mol. The summed E-state index contributed by atoms with van der Waals surface area (Å²) in [6.07, 6.45) is 3.97. The van der Waals surface area contributed by atoms with Crippen LogP contribution in [0, 0.1) is 13.8 Å². The average Bonchev–Trinajstić information content (AvgIpc) is 2.43. The highest BCUT2D eigenvalue weighted by atomic mass is 15.4. The first-order valence-corrected chi connectivity index (χ1v) is 6.49. The van der Waals surface area contributed by atoms with Gasteiger partial charge in [0.25, 0.3) is 0 Å². The predicted octanol–water partition coefficient (Wildman–Crippen LogP) is 3.59. The van der Waals surface area contributed by atoms with Crippen LogP contribution in [-0.2, 0) is 0 Å². The van der Waals surface area contributed by atoms with Gasteiger partial charge in [-0.1, -0.05) is 36.4 Å². The van der Waals surface area contributed by atoms with Crippen LogP contribution in [0.2, 0.25) is 0 Å². The molecule has 0 aliphatic heterocycles. The largest absolute Gasteiger partial charge is 0.245 e. The third-order valence-electron chi connectivity index (χ3n) is 2.63. The lowest BCUT2D eigenvalue weighted by atomic mass is 10.2. The Hall–Kier alpha value is -2.49. The van der Waals surface area contributed by atoms with Crippen LogP contribution in [0.3, 0.4) is 0 Å². The lowest BCUT2D eigenvalue weighted by Crippen LogP contribution is -2.01. The number of hydrazone groups is 1. The Morgan fingerprint density at radius 2 is 1.75 bits per heavy atom. The molecule has 0 aliphatic carbocycles. The van der Waals surface area contributed by atoms with Crippen molar-refractivity contribution in [3.63, 3.8) is 0 Å². The number of anilines is 1. The molecule has 2 rings (SSSR count). The van der Waals surface area contributed by atoms with Gasteiger partial charge in [0.05, 0.1) is 5.71 Å². The number of aryl methyl sites for hydroxylation is 2. The lowest BCUT2D eigenvalue weighted by molar-refractivity contribution is 1.03. The zero-order valence-electron chi connectivity index (χ0n) is 12.0. The molecule has 0 fully saturated rings. The number of allylic oxidation sites excluding steroid dienone is 1. The molecule has 0 aliphatic rings. The Morgan fingerprint density at radius 1 is 1.10 bits per heavy atom. The highest BCUT2D eigenvalue weighted by molar-refractivity contribution is 5.96. The van der Waals surface area contributed by atoms with Gasteiger partial charge in [-0.15, -0.1) is 0 Å². The van der Waals surface area contributed by atoms with Gasteiger partial charge >= 0.3 is 0 Å². The summed E-state index contributed by atoms with van der Waals surface area (Å²) in [4.78, 5) is 8.54. The number of hydrogen-bond acceptors (Lipinski definition) is 4. The van der Waals surface area contributed by atoms with Crippen LogP contribution in [0.15, 0.2) is 47.6 Å². The molecule has 2 aromatic rings. The van der Waals surface area contributed by atoms with Gasteiger partial charge in [0.15, 0.2) is 0 Å². The second-order valence-electron chi connectivity index (χ2n) is 4.58. The molecule has 20 heavy (non-hydrogen) atoms. The summed E-state index contributed by atoms with van der Waals surface area (Å²) in [6, 6.07) is 12.0. The van der Waals surface area contributed by atoms with Gasteiger partial charge in [0, 0.05) is 11.4 Å². The minimum Gasteiger partial charge on any atom is -0.245 e. The van der Waals surface area contributed by atoms with Crippen molar-refractivity contribution in [2.45, 2.75) is 20.8 Å². The van der Waals surface area contributed by atoms with Crippen molar-refractivity contribution in [3.8, 4) is 0 Å². The molecule has 4 heteroatoms. The molecule has 1 N–H and O–H groups in total. The molecule has 0 bridgehead atoms. The fraction of sp³-hybridized carbons (Fsp3) is 0.188. The Labute approximate surface area is 119 Å². The van der Waals surface area contributed by atoms with Crippen LogP contribution < -0.4 is 5.43 Å². The maximum absolute atomic E-state index is 4.27. The molecule has 0 amide bonds. The molecule has 0 saturated carbocycles. The molecule has 4 nitrogen and oxygen atoms in total. The van der Waals surface area contributed by atoms with Crippen molar-refractivity contribution in [2.24, 2.45) is 5.10 Å². The third kappa shape index (κ3) is 4.31. The summed E-state index contributed by atoms with van der Waals surface area (Å²) in [7, 11) is 0. The maximum atomic E-state index is 4.27. The first kappa shape index (κ1) is 13.9. The Kier molecular flexibility index (Phi) is 4.60. The van der Waals surface area contributed by atoms with E-state index in [0.717, 1.165) is 22.7 Å². The second-order valence-corrected chi connectivity index (χ2v) is 4.58. The summed E-state index contributed by atoms with van der Waals surface area (Å²) in [6.45, 7) is 5.80. The smallest absolute Gasteiger partial charge is 0.243 e. The van der Waals surface area contributed by atoms with E-state index in [4.69, 9.17) is 0 Å². The minimum absolute atomic E-state index is 0.523. The summed E-state index contributed by atoms with van der Waals surface area (Å²) in [5, 5.41) is 4.25. The van der Waals surface area contributed by atoms with Crippen LogP contribution in [-0.4, -0.2) is 15.7 Å². The summed E-state index contributed by atoms with van der Waals surface area (Å²) < 4.78 is 0. The number of hydrogen-bond donors (Lipinski definition) is 1. The van der Waals surface area contributed by atoms with Gasteiger partial charge in [-0.05, 0) is 38.5 Å². The van der Waals surface area contributed by atoms with Crippen LogP contribution in [0.1, 0.15) is 23.9 Å². The summed E-state index contributed by atoms with van der Waals surface area (Å²) in [5.74, 6) is 0.523. The number of rotatable bonds is 4. The van der Waals surface area contributed by atoms with E-state index < -0.39 is 0 Å². The minimum atomic E-state index is 0.523. The monoisotopic (exact) mass is 266 g/mol. The van der Waals surface area contributed by atoms with Gasteiger partial charge in [0.2, 0.25) is 5.95 Å². The fourth-order valence-corrected chi connectivity index (χ4v) is 1.73. The van der Waals surface area contributed by atoms with E-state index in [1.807, 2.05) is 69.3 Å². The van der Waals surface area contributed by atoms with Crippen molar-refractivity contribution in [2.75, 3.05) is 5.43 Å². The molecule has 0 spiro atoms. The van der Waals surface area contributed by atoms with Crippen LogP contribution in [0.5, 0.6) is 0 Å². The lowest BCUT2D eigenvalue weighted by Gasteiger charge is -2.02. The molecule has 0 saturated heterocycles.